The van der Waals surface area contributed by atoms with Crippen molar-refractivity contribution in [3.05, 3.63) is 0 Å². The first-order chi connectivity index (χ1) is 9.33. The van der Waals surface area contributed by atoms with E-state index in [1.807, 2.05) is 0 Å². The van der Waals surface area contributed by atoms with Crippen LogP contribution in [0.3, 0.4) is 0 Å². The molecule has 0 aliphatic carbocycles. The summed E-state index contributed by atoms with van der Waals surface area (Å²) in [5, 5.41) is 11.2. The number of carbonyl (C=O) groups excluding carboxylic acids is 3. The Morgan fingerprint density at radius 1 is 1.10 bits per heavy atom. The smallest absolute Gasteiger partial charge is 0.327 e. The maximum absolute atomic E-state index is 11.8. The van der Waals surface area contributed by atoms with E-state index in [-0.39, 0.29) is 13.2 Å². The molecule has 0 aromatic carbocycles. The van der Waals surface area contributed by atoms with Crippen molar-refractivity contribution >= 4 is 23.8 Å². The Labute approximate surface area is 116 Å². The van der Waals surface area contributed by atoms with Crippen LogP contribution in [0.15, 0.2) is 0 Å². The second-order valence-corrected chi connectivity index (χ2v) is 3.88. The molecule has 2 atom stereocenters. The summed E-state index contributed by atoms with van der Waals surface area (Å²) < 4.78 is 9.42. The van der Waals surface area contributed by atoms with Gasteiger partial charge >= 0.3 is 17.9 Å². The summed E-state index contributed by atoms with van der Waals surface area (Å²) in [5.41, 5.74) is 0. The lowest BCUT2D eigenvalue weighted by atomic mass is 9.96. The van der Waals surface area contributed by atoms with Crippen LogP contribution in [-0.4, -0.2) is 48.2 Å². The highest BCUT2D eigenvalue weighted by molar-refractivity contribution is 5.90. The Balaban J connectivity index is 5.13. The molecule has 0 aromatic heterocycles. The first kappa shape index (κ1) is 17.9. The van der Waals surface area contributed by atoms with Gasteiger partial charge in [-0.3, -0.25) is 14.4 Å². The van der Waals surface area contributed by atoms with Crippen molar-refractivity contribution in [2.24, 2.45) is 5.92 Å². The maximum Gasteiger partial charge on any atom is 0.327 e. The molecule has 20 heavy (non-hydrogen) atoms. The Bertz CT molecular complexity index is 380. The molecule has 2 N–H and O–H groups in total. The van der Waals surface area contributed by atoms with Crippen molar-refractivity contribution in [3.8, 4) is 0 Å². The van der Waals surface area contributed by atoms with Crippen LogP contribution in [0.1, 0.15) is 27.2 Å². The first-order valence-corrected chi connectivity index (χ1v) is 6.15. The average molecular weight is 289 g/mol. The lowest BCUT2D eigenvalue weighted by Gasteiger charge is -2.22. The summed E-state index contributed by atoms with van der Waals surface area (Å²) in [4.78, 5) is 45.4. The highest BCUT2D eigenvalue weighted by Gasteiger charge is 2.37. The normalized spacial score (nSPS) is 12.9. The van der Waals surface area contributed by atoms with Gasteiger partial charge in [-0.05, 0) is 13.8 Å². The van der Waals surface area contributed by atoms with E-state index in [1.54, 1.807) is 13.8 Å². The molecule has 0 spiro atoms. The molecular weight excluding hydrogens is 270 g/mol. The number of carbonyl (C=O) groups is 4. The van der Waals surface area contributed by atoms with Crippen LogP contribution in [-0.2, 0) is 28.7 Å². The molecule has 0 aromatic rings. The van der Waals surface area contributed by atoms with Gasteiger partial charge in [-0.1, -0.05) is 0 Å². The molecule has 0 radical (unpaired) electrons. The molecule has 0 saturated carbocycles. The summed E-state index contributed by atoms with van der Waals surface area (Å²) in [6.07, 6.45) is -0.482. The quantitative estimate of drug-likeness (QED) is 0.589. The predicted molar refractivity (Wildman–Crippen MR) is 66.6 cm³/mol. The third-order valence-corrected chi connectivity index (χ3v) is 2.31. The summed E-state index contributed by atoms with van der Waals surface area (Å²) >= 11 is 0. The second kappa shape index (κ2) is 8.89. The summed E-state index contributed by atoms with van der Waals surface area (Å²) in [5.74, 6) is -5.00. The molecule has 8 heteroatoms. The number of carboxylic acid groups (broad SMARTS) is 1. The summed E-state index contributed by atoms with van der Waals surface area (Å²) in [6.45, 7) is 4.38. The number of amides is 1. The number of esters is 2. The van der Waals surface area contributed by atoms with Crippen molar-refractivity contribution in [1.82, 2.24) is 5.32 Å². The van der Waals surface area contributed by atoms with Crippen molar-refractivity contribution in [3.63, 3.8) is 0 Å². The highest BCUT2D eigenvalue weighted by atomic mass is 16.5. The molecule has 0 aliphatic rings. The van der Waals surface area contributed by atoms with Crippen molar-refractivity contribution in [1.29, 1.82) is 0 Å². The lowest BCUT2D eigenvalue weighted by Crippen LogP contribution is -2.49. The fourth-order valence-corrected chi connectivity index (χ4v) is 1.54. The Kier molecular flexibility index (Phi) is 7.95. The molecule has 0 bridgehead atoms. The standard InChI is InChI=1S/C12H19NO7/c1-4-19-9(15)6-8(12(18)20-5-2)10(11(16)17)13-7(3)14/h8,10H,4-6H2,1-3H3,(H,13,14)(H,16,17)/t8-,10+/m0/s1. The molecule has 8 nitrogen and oxygen atoms in total. The van der Waals surface area contributed by atoms with Gasteiger partial charge in [-0.2, -0.15) is 0 Å². The number of ether oxygens (including phenoxy) is 2. The molecule has 0 saturated heterocycles. The van der Waals surface area contributed by atoms with Crippen molar-refractivity contribution < 1.29 is 33.8 Å². The van der Waals surface area contributed by atoms with E-state index < -0.39 is 42.2 Å². The summed E-state index contributed by atoms with van der Waals surface area (Å²) in [6, 6.07) is -1.55. The third-order valence-electron chi connectivity index (χ3n) is 2.31. The molecule has 0 rings (SSSR count). The summed E-state index contributed by atoms with van der Waals surface area (Å²) in [7, 11) is 0. The second-order valence-electron chi connectivity index (χ2n) is 3.88. The lowest BCUT2D eigenvalue weighted by molar-refractivity contribution is -0.160. The zero-order valence-electron chi connectivity index (χ0n) is 11.7. The third kappa shape index (κ3) is 6.17. The van der Waals surface area contributed by atoms with Crippen molar-refractivity contribution in [2.45, 2.75) is 33.2 Å². The number of hydrogen-bond donors (Lipinski definition) is 2. The van der Waals surface area contributed by atoms with Gasteiger partial charge in [0.2, 0.25) is 5.91 Å². The van der Waals surface area contributed by atoms with E-state index in [1.165, 1.54) is 0 Å². The molecule has 0 aliphatic heterocycles. The highest BCUT2D eigenvalue weighted by Crippen LogP contribution is 2.14. The van der Waals surface area contributed by atoms with E-state index in [0.29, 0.717) is 0 Å². The number of aliphatic carboxylic acids is 1. The first-order valence-electron chi connectivity index (χ1n) is 6.15. The monoisotopic (exact) mass is 289 g/mol. The zero-order chi connectivity index (χ0) is 15.7. The van der Waals surface area contributed by atoms with Gasteiger partial charge in [-0.15, -0.1) is 0 Å². The van der Waals surface area contributed by atoms with Gasteiger partial charge in [0.25, 0.3) is 0 Å². The minimum absolute atomic E-state index is 0.0323. The predicted octanol–water partition coefficient (Wildman–Crippen LogP) is -0.292. The van der Waals surface area contributed by atoms with Crippen LogP contribution in [0.2, 0.25) is 0 Å². The molecular formula is C12H19NO7. The van der Waals surface area contributed by atoms with E-state index >= 15 is 0 Å². The average Bonchev–Trinajstić information content (AvgIpc) is 2.33. The van der Waals surface area contributed by atoms with Gasteiger partial charge in [0.1, 0.15) is 6.04 Å². The van der Waals surface area contributed by atoms with E-state index in [0.717, 1.165) is 6.92 Å². The van der Waals surface area contributed by atoms with Gasteiger partial charge in [-0.25, -0.2) is 4.79 Å². The Morgan fingerprint density at radius 3 is 2.05 bits per heavy atom. The number of hydrogen-bond acceptors (Lipinski definition) is 6. The van der Waals surface area contributed by atoms with Gasteiger partial charge in [0.05, 0.1) is 25.6 Å². The van der Waals surface area contributed by atoms with E-state index in [4.69, 9.17) is 9.84 Å². The molecule has 0 unspecified atom stereocenters. The van der Waals surface area contributed by atoms with Crippen LogP contribution in [0.5, 0.6) is 0 Å². The maximum atomic E-state index is 11.8. The molecule has 114 valence electrons. The fourth-order valence-electron chi connectivity index (χ4n) is 1.54. The molecule has 0 heterocycles. The van der Waals surface area contributed by atoms with Crippen LogP contribution in [0.4, 0.5) is 0 Å². The van der Waals surface area contributed by atoms with Crippen LogP contribution in [0, 0.1) is 5.92 Å². The van der Waals surface area contributed by atoms with Gasteiger partial charge in [0.15, 0.2) is 0 Å². The van der Waals surface area contributed by atoms with Crippen LogP contribution in [0.25, 0.3) is 0 Å². The number of carboxylic acids is 1. The topological polar surface area (TPSA) is 119 Å². The van der Waals surface area contributed by atoms with Gasteiger partial charge in [0, 0.05) is 6.92 Å². The number of nitrogens with one attached hydrogen (secondary N) is 1. The Morgan fingerprint density at radius 2 is 1.65 bits per heavy atom. The molecule has 1 amide bonds. The van der Waals surface area contributed by atoms with E-state index in [9.17, 15) is 19.2 Å². The Hall–Kier alpha value is -2.12. The van der Waals surface area contributed by atoms with Crippen LogP contribution >= 0.6 is 0 Å². The fraction of sp³-hybridized carbons (Fsp3) is 0.667. The minimum atomic E-state index is -1.55. The van der Waals surface area contributed by atoms with Crippen LogP contribution < -0.4 is 5.32 Å². The minimum Gasteiger partial charge on any atom is -0.480 e. The zero-order valence-corrected chi connectivity index (χ0v) is 11.7. The largest absolute Gasteiger partial charge is 0.480 e. The van der Waals surface area contributed by atoms with E-state index in [2.05, 4.69) is 10.1 Å². The number of rotatable bonds is 8. The van der Waals surface area contributed by atoms with Gasteiger partial charge < -0.3 is 19.9 Å². The molecule has 0 fully saturated rings. The van der Waals surface area contributed by atoms with Crippen molar-refractivity contribution in [2.75, 3.05) is 13.2 Å². The SMILES string of the molecule is CCOC(=O)C[C@H](C(=O)OCC)[C@@H](NC(C)=O)C(=O)O.